The zero-order valence-electron chi connectivity index (χ0n) is 10.5. The predicted octanol–water partition coefficient (Wildman–Crippen LogP) is 1.22. The molecular formula is C12H26N2OS. The molecule has 0 radical (unpaired) electrons. The fraction of sp³-hybridized carbons (Fsp3) is 1.00. The summed E-state index contributed by atoms with van der Waals surface area (Å²) < 4.78 is 11.2. The summed E-state index contributed by atoms with van der Waals surface area (Å²) in [5.74, 6) is 1.78. The quantitative estimate of drug-likeness (QED) is 0.654. The summed E-state index contributed by atoms with van der Waals surface area (Å²) in [4.78, 5) is 2.46. The van der Waals surface area contributed by atoms with Gasteiger partial charge in [-0.1, -0.05) is 19.8 Å². The van der Waals surface area contributed by atoms with E-state index in [2.05, 4.69) is 17.1 Å². The second-order valence-corrected chi connectivity index (χ2v) is 6.15. The maximum absolute atomic E-state index is 11.2. The van der Waals surface area contributed by atoms with Crippen molar-refractivity contribution in [2.24, 2.45) is 0 Å². The van der Waals surface area contributed by atoms with E-state index in [0.29, 0.717) is 0 Å². The summed E-state index contributed by atoms with van der Waals surface area (Å²) in [6, 6.07) is 0. The van der Waals surface area contributed by atoms with Crippen LogP contribution >= 0.6 is 0 Å². The molecule has 0 spiro atoms. The Balaban J connectivity index is 1.85. The van der Waals surface area contributed by atoms with Crippen molar-refractivity contribution in [3.8, 4) is 0 Å². The first kappa shape index (κ1) is 14.1. The lowest BCUT2D eigenvalue weighted by atomic mass is 10.2. The molecular weight excluding hydrogens is 220 g/mol. The van der Waals surface area contributed by atoms with E-state index < -0.39 is 10.8 Å². The molecule has 1 heterocycles. The molecule has 0 atom stereocenters. The van der Waals surface area contributed by atoms with Gasteiger partial charge in [0.25, 0.3) is 0 Å². The van der Waals surface area contributed by atoms with Crippen molar-refractivity contribution in [3.63, 3.8) is 0 Å². The minimum atomic E-state index is -0.524. The van der Waals surface area contributed by atoms with E-state index >= 15 is 0 Å². The molecule has 0 aliphatic carbocycles. The van der Waals surface area contributed by atoms with Crippen molar-refractivity contribution < 1.29 is 4.21 Å². The Bertz CT molecular complexity index is 189. The van der Waals surface area contributed by atoms with Gasteiger partial charge in [0.1, 0.15) is 0 Å². The van der Waals surface area contributed by atoms with Gasteiger partial charge in [-0.3, -0.25) is 4.21 Å². The van der Waals surface area contributed by atoms with Gasteiger partial charge in [0, 0.05) is 35.4 Å². The Morgan fingerprint density at radius 2 is 1.81 bits per heavy atom. The van der Waals surface area contributed by atoms with Gasteiger partial charge in [-0.05, 0) is 32.5 Å². The van der Waals surface area contributed by atoms with Crippen molar-refractivity contribution in [1.29, 1.82) is 0 Å². The molecule has 1 aliphatic rings. The van der Waals surface area contributed by atoms with Gasteiger partial charge in [0.05, 0.1) is 0 Å². The van der Waals surface area contributed by atoms with Crippen molar-refractivity contribution >= 4 is 10.8 Å². The standard InChI is InChI=1S/C12H26N2OS/c1-2-13-7-5-3-4-6-8-14-9-11-16(15)12-10-14/h13H,2-12H2,1H3. The van der Waals surface area contributed by atoms with Crippen molar-refractivity contribution in [1.82, 2.24) is 10.2 Å². The number of unbranched alkanes of at least 4 members (excludes halogenated alkanes) is 3. The summed E-state index contributed by atoms with van der Waals surface area (Å²) in [6.45, 7) is 7.71. The molecule has 0 aromatic rings. The molecule has 96 valence electrons. The van der Waals surface area contributed by atoms with E-state index in [1.165, 1.54) is 38.8 Å². The van der Waals surface area contributed by atoms with Crippen LogP contribution in [-0.4, -0.2) is 53.3 Å². The molecule has 0 aromatic heterocycles. The predicted molar refractivity (Wildman–Crippen MR) is 71.3 cm³/mol. The molecule has 0 amide bonds. The first-order valence-electron chi connectivity index (χ1n) is 6.61. The van der Waals surface area contributed by atoms with Crippen LogP contribution in [0.1, 0.15) is 32.6 Å². The van der Waals surface area contributed by atoms with Gasteiger partial charge in [0.2, 0.25) is 0 Å². The smallest absolute Gasteiger partial charge is 0.0363 e. The Morgan fingerprint density at radius 3 is 2.50 bits per heavy atom. The highest BCUT2D eigenvalue weighted by atomic mass is 32.2. The summed E-state index contributed by atoms with van der Waals surface area (Å²) in [5, 5.41) is 3.35. The average molecular weight is 246 g/mol. The van der Waals surface area contributed by atoms with Crippen LogP contribution in [0.5, 0.6) is 0 Å². The van der Waals surface area contributed by atoms with Gasteiger partial charge >= 0.3 is 0 Å². The van der Waals surface area contributed by atoms with Gasteiger partial charge in [-0.25, -0.2) is 0 Å². The van der Waals surface area contributed by atoms with E-state index in [0.717, 1.165) is 31.1 Å². The molecule has 16 heavy (non-hydrogen) atoms. The summed E-state index contributed by atoms with van der Waals surface area (Å²) in [5.41, 5.74) is 0. The lowest BCUT2D eigenvalue weighted by molar-refractivity contribution is 0.291. The fourth-order valence-corrected chi connectivity index (χ4v) is 3.14. The topological polar surface area (TPSA) is 32.3 Å². The van der Waals surface area contributed by atoms with Crippen LogP contribution in [0, 0.1) is 0 Å². The van der Waals surface area contributed by atoms with Crippen LogP contribution in [-0.2, 0) is 10.8 Å². The van der Waals surface area contributed by atoms with Gasteiger partial charge in [-0.15, -0.1) is 0 Å². The van der Waals surface area contributed by atoms with Crippen molar-refractivity contribution in [2.75, 3.05) is 44.2 Å². The van der Waals surface area contributed by atoms with Crippen LogP contribution in [0.15, 0.2) is 0 Å². The maximum Gasteiger partial charge on any atom is 0.0363 e. The minimum Gasteiger partial charge on any atom is -0.317 e. The number of hydrogen-bond donors (Lipinski definition) is 1. The Morgan fingerprint density at radius 1 is 1.12 bits per heavy atom. The summed E-state index contributed by atoms with van der Waals surface area (Å²) in [6.07, 6.45) is 5.29. The summed E-state index contributed by atoms with van der Waals surface area (Å²) >= 11 is 0. The Kier molecular flexibility index (Phi) is 8.07. The Hall–Kier alpha value is 0.0700. The number of hydrogen-bond acceptors (Lipinski definition) is 3. The molecule has 0 aromatic carbocycles. The highest BCUT2D eigenvalue weighted by molar-refractivity contribution is 7.85. The largest absolute Gasteiger partial charge is 0.317 e. The highest BCUT2D eigenvalue weighted by Crippen LogP contribution is 2.04. The van der Waals surface area contributed by atoms with E-state index in [-0.39, 0.29) is 0 Å². The lowest BCUT2D eigenvalue weighted by Crippen LogP contribution is -2.38. The van der Waals surface area contributed by atoms with Crippen LogP contribution in [0.4, 0.5) is 0 Å². The fourth-order valence-electron chi connectivity index (χ4n) is 2.02. The lowest BCUT2D eigenvalue weighted by Gasteiger charge is -2.25. The molecule has 0 bridgehead atoms. The molecule has 1 aliphatic heterocycles. The molecule has 1 rings (SSSR count). The molecule has 0 unspecified atom stereocenters. The normalized spacial score (nSPS) is 19.1. The van der Waals surface area contributed by atoms with Gasteiger partial charge in [0.15, 0.2) is 0 Å². The SMILES string of the molecule is CCNCCCCCCN1CCS(=O)CC1. The first-order chi connectivity index (χ1) is 7.83. The van der Waals surface area contributed by atoms with Gasteiger partial charge < -0.3 is 10.2 Å². The third-order valence-corrected chi connectivity index (χ3v) is 4.37. The molecule has 1 saturated heterocycles. The molecule has 3 nitrogen and oxygen atoms in total. The highest BCUT2D eigenvalue weighted by Gasteiger charge is 2.13. The van der Waals surface area contributed by atoms with E-state index in [1.54, 1.807) is 0 Å². The van der Waals surface area contributed by atoms with Gasteiger partial charge in [-0.2, -0.15) is 0 Å². The van der Waals surface area contributed by atoms with Crippen molar-refractivity contribution in [3.05, 3.63) is 0 Å². The zero-order valence-corrected chi connectivity index (χ0v) is 11.4. The molecule has 0 saturated carbocycles. The number of nitrogens with one attached hydrogen (secondary N) is 1. The minimum absolute atomic E-state index is 0.524. The molecule has 1 fully saturated rings. The van der Waals surface area contributed by atoms with Crippen molar-refractivity contribution in [2.45, 2.75) is 32.6 Å². The average Bonchev–Trinajstić information content (AvgIpc) is 2.30. The van der Waals surface area contributed by atoms with E-state index in [4.69, 9.17) is 0 Å². The molecule has 4 heteroatoms. The Labute approximate surface area is 102 Å². The summed E-state index contributed by atoms with van der Waals surface area (Å²) in [7, 11) is -0.524. The maximum atomic E-state index is 11.2. The number of nitrogens with zero attached hydrogens (tertiary/aromatic N) is 1. The monoisotopic (exact) mass is 246 g/mol. The zero-order chi connectivity index (χ0) is 11.6. The van der Waals surface area contributed by atoms with Crippen LogP contribution in [0.3, 0.4) is 0 Å². The first-order valence-corrected chi connectivity index (χ1v) is 8.09. The van der Waals surface area contributed by atoms with E-state index in [1.807, 2.05) is 0 Å². The molecule has 1 N–H and O–H groups in total. The van der Waals surface area contributed by atoms with Crippen LogP contribution in [0.2, 0.25) is 0 Å². The third kappa shape index (κ3) is 6.61. The second-order valence-electron chi connectivity index (χ2n) is 4.46. The van der Waals surface area contributed by atoms with Crippen LogP contribution < -0.4 is 5.32 Å². The number of rotatable bonds is 8. The van der Waals surface area contributed by atoms with E-state index in [9.17, 15) is 4.21 Å². The van der Waals surface area contributed by atoms with Crippen LogP contribution in [0.25, 0.3) is 0 Å². The third-order valence-electron chi connectivity index (χ3n) is 3.10. The second kappa shape index (κ2) is 9.14.